The predicted molar refractivity (Wildman–Crippen MR) is 92.1 cm³/mol. The molecule has 0 aliphatic carbocycles. The van der Waals surface area contributed by atoms with Crippen LogP contribution in [0.2, 0.25) is 0 Å². The highest BCUT2D eigenvalue weighted by Gasteiger charge is 2.25. The van der Waals surface area contributed by atoms with Crippen LogP contribution in [0.25, 0.3) is 11.1 Å². The minimum Gasteiger partial charge on any atom is -0.467 e. The topological polar surface area (TPSA) is 83.9 Å². The van der Waals surface area contributed by atoms with E-state index in [-0.39, 0.29) is 0 Å². The summed E-state index contributed by atoms with van der Waals surface area (Å²) >= 11 is 0. The minimum atomic E-state index is -3.67. The molecule has 0 saturated heterocycles. The zero-order valence-electron chi connectivity index (χ0n) is 13.4. The van der Waals surface area contributed by atoms with Crippen molar-refractivity contribution < 1.29 is 23.1 Å². The first-order valence-electron chi connectivity index (χ1n) is 7.22. The maximum Gasteiger partial charge on any atom is 0.336 e. The zero-order chi connectivity index (χ0) is 17.7. The van der Waals surface area contributed by atoms with Crippen molar-refractivity contribution in [3.63, 3.8) is 0 Å². The Morgan fingerprint density at radius 1 is 1.08 bits per heavy atom. The van der Waals surface area contributed by atoms with Crippen LogP contribution in [0.15, 0.2) is 54.6 Å². The SMILES string of the molecule is COC(=O)[C@@H](O)CN(c1ccc(-c2ccccc2)cc1)S(C)(=O)=O. The smallest absolute Gasteiger partial charge is 0.336 e. The molecule has 0 unspecified atom stereocenters. The van der Waals surface area contributed by atoms with Gasteiger partial charge in [0.05, 0.1) is 25.6 Å². The van der Waals surface area contributed by atoms with Crippen molar-refractivity contribution in [1.29, 1.82) is 0 Å². The van der Waals surface area contributed by atoms with E-state index in [0.717, 1.165) is 28.8 Å². The molecule has 1 N–H and O–H groups in total. The number of sulfonamides is 1. The maximum absolute atomic E-state index is 12.0. The van der Waals surface area contributed by atoms with Gasteiger partial charge < -0.3 is 9.84 Å². The van der Waals surface area contributed by atoms with Crippen LogP contribution < -0.4 is 4.31 Å². The second-order valence-corrected chi connectivity index (χ2v) is 7.15. The molecule has 0 radical (unpaired) electrons. The molecule has 0 spiro atoms. The number of nitrogens with zero attached hydrogens (tertiary/aromatic N) is 1. The Labute approximate surface area is 141 Å². The highest BCUT2D eigenvalue weighted by Crippen LogP contribution is 2.24. The van der Waals surface area contributed by atoms with Gasteiger partial charge in [-0.1, -0.05) is 42.5 Å². The highest BCUT2D eigenvalue weighted by molar-refractivity contribution is 7.92. The largest absolute Gasteiger partial charge is 0.467 e. The summed E-state index contributed by atoms with van der Waals surface area (Å²) in [5, 5.41) is 9.76. The van der Waals surface area contributed by atoms with Gasteiger partial charge in [0.25, 0.3) is 0 Å². The Bertz CT molecular complexity index is 787. The molecule has 128 valence electrons. The minimum absolute atomic E-state index is 0.361. The number of hydrogen-bond donors (Lipinski definition) is 1. The van der Waals surface area contributed by atoms with E-state index in [4.69, 9.17) is 0 Å². The van der Waals surface area contributed by atoms with E-state index in [1.807, 2.05) is 30.3 Å². The van der Waals surface area contributed by atoms with E-state index in [1.54, 1.807) is 24.3 Å². The second-order valence-electron chi connectivity index (χ2n) is 5.25. The second kappa shape index (κ2) is 7.46. The third-order valence-electron chi connectivity index (χ3n) is 3.47. The highest BCUT2D eigenvalue weighted by atomic mass is 32.2. The van der Waals surface area contributed by atoms with Gasteiger partial charge in [0.1, 0.15) is 0 Å². The van der Waals surface area contributed by atoms with E-state index >= 15 is 0 Å². The summed E-state index contributed by atoms with van der Waals surface area (Å²) in [5.74, 6) is -0.885. The van der Waals surface area contributed by atoms with Crippen LogP contribution in [0, 0.1) is 0 Å². The van der Waals surface area contributed by atoms with E-state index in [0.29, 0.717) is 5.69 Å². The summed E-state index contributed by atoms with van der Waals surface area (Å²) < 4.78 is 29.4. The number of anilines is 1. The molecule has 0 aromatic heterocycles. The van der Waals surface area contributed by atoms with Gasteiger partial charge in [-0.3, -0.25) is 4.31 Å². The Kier molecular flexibility index (Phi) is 5.58. The fourth-order valence-electron chi connectivity index (χ4n) is 2.25. The van der Waals surface area contributed by atoms with Crippen LogP contribution in [0.5, 0.6) is 0 Å². The summed E-state index contributed by atoms with van der Waals surface area (Å²) in [6.45, 7) is -0.407. The van der Waals surface area contributed by atoms with Gasteiger partial charge in [-0.15, -0.1) is 0 Å². The fourth-order valence-corrected chi connectivity index (χ4v) is 3.17. The van der Waals surface area contributed by atoms with Crippen LogP contribution in [0.4, 0.5) is 5.69 Å². The first-order chi connectivity index (χ1) is 11.3. The molecule has 1 atom stereocenters. The first kappa shape index (κ1) is 18.0. The predicted octanol–water partition coefficient (Wildman–Crippen LogP) is 1.65. The van der Waals surface area contributed by atoms with Crippen molar-refractivity contribution in [3.05, 3.63) is 54.6 Å². The summed E-state index contributed by atoms with van der Waals surface area (Å²) in [6, 6.07) is 16.5. The zero-order valence-corrected chi connectivity index (χ0v) is 14.2. The number of rotatable bonds is 6. The van der Waals surface area contributed by atoms with Gasteiger partial charge >= 0.3 is 5.97 Å². The Hall–Kier alpha value is -2.38. The van der Waals surface area contributed by atoms with Crippen molar-refractivity contribution in [2.45, 2.75) is 6.10 Å². The molecule has 0 bridgehead atoms. The molecule has 2 rings (SSSR count). The number of aliphatic hydroxyl groups is 1. The number of benzene rings is 2. The van der Waals surface area contributed by atoms with Crippen LogP contribution in [0.1, 0.15) is 0 Å². The molecule has 7 heteroatoms. The lowest BCUT2D eigenvalue weighted by atomic mass is 10.1. The molecular weight excluding hydrogens is 330 g/mol. The number of hydrogen-bond acceptors (Lipinski definition) is 5. The Balaban J connectivity index is 2.29. The van der Waals surface area contributed by atoms with Crippen LogP contribution >= 0.6 is 0 Å². The number of carbonyl (C=O) groups is 1. The number of ether oxygens (including phenoxy) is 1. The summed E-state index contributed by atoms with van der Waals surface area (Å²) in [6.07, 6.45) is -0.541. The molecule has 0 saturated carbocycles. The summed E-state index contributed by atoms with van der Waals surface area (Å²) in [4.78, 5) is 11.4. The Morgan fingerprint density at radius 2 is 1.62 bits per heavy atom. The lowest BCUT2D eigenvalue weighted by molar-refractivity contribution is -0.149. The Morgan fingerprint density at radius 3 is 2.12 bits per heavy atom. The van der Waals surface area contributed by atoms with Gasteiger partial charge in [-0.2, -0.15) is 0 Å². The quantitative estimate of drug-likeness (QED) is 0.802. The molecule has 24 heavy (non-hydrogen) atoms. The van der Waals surface area contributed by atoms with Crippen LogP contribution in [-0.2, 0) is 19.6 Å². The average Bonchev–Trinajstić information content (AvgIpc) is 2.58. The third-order valence-corrected chi connectivity index (χ3v) is 4.64. The maximum atomic E-state index is 12.0. The number of esters is 1. The summed E-state index contributed by atoms with van der Waals surface area (Å²) in [5.41, 5.74) is 2.30. The molecule has 0 fully saturated rings. The number of carbonyl (C=O) groups excluding carboxylic acids is 1. The van der Waals surface area contributed by atoms with Crippen molar-refractivity contribution in [2.24, 2.45) is 0 Å². The van der Waals surface area contributed by atoms with Gasteiger partial charge in [0, 0.05) is 0 Å². The van der Waals surface area contributed by atoms with Crippen LogP contribution in [0.3, 0.4) is 0 Å². The molecule has 0 heterocycles. The van der Waals surface area contributed by atoms with Crippen molar-refractivity contribution in [3.8, 4) is 11.1 Å². The summed E-state index contributed by atoms with van der Waals surface area (Å²) in [7, 11) is -2.54. The normalized spacial score (nSPS) is 12.5. The van der Waals surface area contributed by atoms with Crippen molar-refractivity contribution >= 4 is 21.7 Å². The standard InChI is InChI=1S/C17H19NO5S/c1-23-17(20)16(19)12-18(24(2,21)22)15-10-8-14(9-11-15)13-6-4-3-5-7-13/h3-11,16,19H,12H2,1-2H3/t16-/m0/s1. The van der Waals surface area contributed by atoms with Gasteiger partial charge in [0.15, 0.2) is 6.10 Å². The lowest BCUT2D eigenvalue weighted by Gasteiger charge is -2.24. The van der Waals surface area contributed by atoms with Gasteiger partial charge in [0.2, 0.25) is 10.0 Å². The average molecular weight is 349 g/mol. The van der Waals surface area contributed by atoms with Crippen molar-refractivity contribution in [1.82, 2.24) is 0 Å². The van der Waals surface area contributed by atoms with Crippen molar-refractivity contribution in [2.75, 3.05) is 24.2 Å². The fraction of sp³-hybridized carbons (Fsp3) is 0.235. The van der Waals surface area contributed by atoms with Gasteiger partial charge in [-0.25, -0.2) is 13.2 Å². The van der Waals surface area contributed by atoms with E-state index in [1.165, 1.54) is 0 Å². The number of methoxy groups -OCH3 is 1. The number of aliphatic hydroxyl groups excluding tert-OH is 1. The van der Waals surface area contributed by atoms with E-state index in [9.17, 15) is 18.3 Å². The molecule has 2 aromatic carbocycles. The lowest BCUT2D eigenvalue weighted by Crippen LogP contribution is -2.40. The molecule has 0 amide bonds. The molecule has 6 nitrogen and oxygen atoms in total. The molecule has 0 aliphatic rings. The molecule has 0 aliphatic heterocycles. The van der Waals surface area contributed by atoms with E-state index in [2.05, 4.69) is 4.74 Å². The molecule has 2 aromatic rings. The first-order valence-corrected chi connectivity index (χ1v) is 9.07. The van der Waals surface area contributed by atoms with Crippen LogP contribution in [-0.4, -0.2) is 45.5 Å². The third kappa shape index (κ3) is 4.33. The van der Waals surface area contributed by atoms with Gasteiger partial charge in [-0.05, 0) is 23.3 Å². The molecular formula is C17H19NO5S. The monoisotopic (exact) mass is 349 g/mol. The van der Waals surface area contributed by atoms with E-state index < -0.39 is 28.6 Å².